The third-order valence-electron chi connectivity index (χ3n) is 3.31. The van der Waals surface area contributed by atoms with Crippen molar-refractivity contribution in [2.24, 2.45) is 0 Å². The minimum Gasteiger partial charge on any atom is -0.458 e. The van der Waals surface area contributed by atoms with Crippen LogP contribution in [0.1, 0.15) is 67.7 Å². The monoisotopic (exact) mass is 327 g/mol. The predicted molar refractivity (Wildman–Crippen MR) is 86.0 cm³/mol. The van der Waals surface area contributed by atoms with Gasteiger partial charge in [0.2, 0.25) is 0 Å². The molecule has 1 heterocycles. The lowest BCUT2D eigenvalue weighted by Gasteiger charge is -2.32. The number of carbonyl (C=O) groups excluding carboxylic acids is 3. The molecule has 0 aromatic carbocycles. The standard InChI is InChI=1S/C17H29NO5/c1-11(19)10-12-8-9-13(14(20)22-16(2,3)4)18(12)15(21)23-17(5,6)7/h12-13H,8-10H2,1-7H3. The van der Waals surface area contributed by atoms with E-state index in [1.807, 2.05) is 0 Å². The number of hydrogen-bond donors (Lipinski definition) is 0. The molecule has 2 unspecified atom stereocenters. The molecule has 0 bridgehead atoms. The average Bonchev–Trinajstić information content (AvgIpc) is 2.66. The number of Topliss-reactive ketones (excluding diaryl/α,β-unsaturated/α-hetero) is 1. The zero-order chi connectivity index (χ0) is 18.0. The molecule has 1 aliphatic heterocycles. The summed E-state index contributed by atoms with van der Waals surface area (Å²) in [5, 5.41) is 0. The van der Waals surface area contributed by atoms with Gasteiger partial charge < -0.3 is 9.47 Å². The highest BCUT2D eigenvalue weighted by Gasteiger charge is 2.44. The number of rotatable bonds is 3. The highest BCUT2D eigenvalue weighted by Crippen LogP contribution is 2.30. The molecule has 0 spiro atoms. The first kappa shape index (κ1) is 19.5. The number of ether oxygens (including phenoxy) is 2. The van der Waals surface area contributed by atoms with Gasteiger partial charge >= 0.3 is 12.1 Å². The van der Waals surface area contributed by atoms with Crippen molar-refractivity contribution in [1.29, 1.82) is 0 Å². The summed E-state index contributed by atoms with van der Waals surface area (Å²) < 4.78 is 10.8. The van der Waals surface area contributed by atoms with Crippen molar-refractivity contribution in [3.05, 3.63) is 0 Å². The second-order valence-electron chi connectivity index (χ2n) is 8.07. The quantitative estimate of drug-likeness (QED) is 0.745. The van der Waals surface area contributed by atoms with Gasteiger partial charge in [0, 0.05) is 12.5 Å². The average molecular weight is 327 g/mol. The van der Waals surface area contributed by atoms with Crippen LogP contribution in [0.25, 0.3) is 0 Å². The van der Waals surface area contributed by atoms with E-state index in [1.165, 1.54) is 11.8 Å². The summed E-state index contributed by atoms with van der Waals surface area (Å²) in [5.74, 6) is -0.470. The van der Waals surface area contributed by atoms with Crippen LogP contribution in [0.5, 0.6) is 0 Å². The second kappa shape index (κ2) is 6.89. The van der Waals surface area contributed by atoms with E-state index in [0.29, 0.717) is 12.8 Å². The number of likely N-dealkylation sites (tertiary alicyclic amines) is 1. The molecule has 1 saturated heterocycles. The maximum Gasteiger partial charge on any atom is 0.411 e. The third-order valence-corrected chi connectivity index (χ3v) is 3.31. The number of carbonyl (C=O) groups is 3. The summed E-state index contributed by atoms with van der Waals surface area (Å²) >= 11 is 0. The van der Waals surface area contributed by atoms with Gasteiger partial charge in [-0.1, -0.05) is 0 Å². The Morgan fingerprint density at radius 3 is 1.91 bits per heavy atom. The normalized spacial score (nSPS) is 22.0. The SMILES string of the molecule is CC(=O)CC1CCC(C(=O)OC(C)(C)C)N1C(=O)OC(C)(C)C. The van der Waals surface area contributed by atoms with Gasteiger partial charge in [0.05, 0.1) is 0 Å². The van der Waals surface area contributed by atoms with Crippen LogP contribution in [0, 0.1) is 0 Å². The summed E-state index contributed by atoms with van der Waals surface area (Å²) in [6.45, 7) is 12.1. The summed E-state index contributed by atoms with van der Waals surface area (Å²) in [6, 6.07) is -1.02. The third kappa shape index (κ3) is 6.20. The minimum atomic E-state index is -0.701. The molecule has 1 amide bonds. The number of hydrogen-bond acceptors (Lipinski definition) is 5. The molecule has 0 aromatic heterocycles. The summed E-state index contributed by atoms with van der Waals surface area (Å²) in [5.41, 5.74) is -1.30. The van der Waals surface area contributed by atoms with Crippen molar-refractivity contribution in [3.8, 4) is 0 Å². The Bertz CT molecular complexity index is 472. The highest BCUT2D eigenvalue weighted by atomic mass is 16.6. The molecule has 132 valence electrons. The van der Waals surface area contributed by atoms with Gasteiger partial charge in [0.1, 0.15) is 23.0 Å². The van der Waals surface area contributed by atoms with E-state index in [1.54, 1.807) is 41.5 Å². The first-order valence-corrected chi connectivity index (χ1v) is 8.04. The van der Waals surface area contributed by atoms with Crippen molar-refractivity contribution in [3.63, 3.8) is 0 Å². The Morgan fingerprint density at radius 2 is 1.48 bits per heavy atom. The summed E-state index contributed by atoms with van der Waals surface area (Å²) in [4.78, 5) is 37.8. The zero-order valence-electron chi connectivity index (χ0n) is 15.3. The van der Waals surface area contributed by atoms with Crippen molar-refractivity contribution in [2.45, 2.75) is 91.0 Å². The van der Waals surface area contributed by atoms with E-state index >= 15 is 0 Å². The van der Waals surface area contributed by atoms with Gasteiger partial charge in [-0.25, -0.2) is 9.59 Å². The van der Waals surface area contributed by atoms with E-state index in [9.17, 15) is 14.4 Å². The number of esters is 1. The molecule has 0 saturated carbocycles. The lowest BCUT2D eigenvalue weighted by Crippen LogP contribution is -2.49. The van der Waals surface area contributed by atoms with Gasteiger partial charge in [0.15, 0.2) is 0 Å². The van der Waals surface area contributed by atoms with Crippen LogP contribution in [-0.2, 0) is 19.1 Å². The smallest absolute Gasteiger partial charge is 0.411 e. The minimum absolute atomic E-state index is 0.0200. The molecule has 1 rings (SSSR count). The van der Waals surface area contributed by atoms with Crippen molar-refractivity contribution in [1.82, 2.24) is 4.90 Å². The Hall–Kier alpha value is -1.59. The van der Waals surface area contributed by atoms with Gasteiger partial charge in [-0.2, -0.15) is 0 Å². The molecule has 1 fully saturated rings. The Kier molecular flexibility index (Phi) is 5.83. The van der Waals surface area contributed by atoms with Gasteiger partial charge in [0.25, 0.3) is 0 Å². The fraction of sp³-hybridized carbons (Fsp3) is 0.824. The number of amides is 1. The molecule has 2 atom stereocenters. The van der Waals surface area contributed by atoms with Crippen LogP contribution in [0.15, 0.2) is 0 Å². The Morgan fingerprint density at radius 1 is 0.957 bits per heavy atom. The van der Waals surface area contributed by atoms with E-state index in [-0.39, 0.29) is 18.2 Å². The largest absolute Gasteiger partial charge is 0.458 e. The van der Waals surface area contributed by atoms with E-state index in [0.717, 1.165) is 0 Å². The van der Waals surface area contributed by atoms with E-state index in [4.69, 9.17) is 9.47 Å². The van der Waals surface area contributed by atoms with Crippen molar-refractivity contribution >= 4 is 17.8 Å². The number of nitrogens with zero attached hydrogens (tertiary/aromatic N) is 1. The van der Waals surface area contributed by atoms with Crippen LogP contribution >= 0.6 is 0 Å². The van der Waals surface area contributed by atoms with Gasteiger partial charge in [-0.3, -0.25) is 9.69 Å². The maximum absolute atomic E-state index is 12.5. The lowest BCUT2D eigenvalue weighted by atomic mass is 10.1. The topological polar surface area (TPSA) is 72.9 Å². The van der Waals surface area contributed by atoms with Crippen molar-refractivity contribution in [2.75, 3.05) is 0 Å². The molecule has 0 aromatic rings. The Labute approximate surface area is 138 Å². The molecule has 6 nitrogen and oxygen atoms in total. The van der Waals surface area contributed by atoms with E-state index < -0.39 is 29.3 Å². The van der Waals surface area contributed by atoms with Crippen LogP contribution in [0.2, 0.25) is 0 Å². The molecular weight excluding hydrogens is 298 g/mol. The summed E-state index contributed by atoms with van der Waals surface area (Å²) in [6.07, 6.45) is 0.713. The first-order chi connectivity index (χ1) is 10.3. The van der Waals surface area contributed by atoms with Crippen LogP contribution in [0.4, 0.5) is 4.79 Å². The van der Waals surface area contributed by atoms with Crippen LogP contribution in [-0.4, -0.2) is 46.0 Å². The molecule has 1 aliphatic rings. The van der Waals surface area contributed by atoms with Crippen LogP contribution < -0.4 is 0 Å². The Balaban J connectivity index is 2.97. The van der Waals surface area contributed by atoms with Crippen LogP contribution in [0.3, 0.4) is 0 Å². The first-order valence-electron chi connectivity index (χ1n) is 8.04. The van der Waals surface area contributed by atoms with Gasteiger partial charge in [-0.15, -0.1) is 0 Å². The predicted octanol–water partition coefficient (Wildman–Crippen LogP) is 3.08. The fourth-order valence-corrected chi connectivity index (χ4v) is 2.61. The second-order valence-corrected chi connectivity index (χ2v) is 8.07. The molecular formula is C17H29NO5. The van der Waals surface area contributed by atoms with Gasteiger partial charge in [-0.05, 0) is 61.3 Å². The molecule has 6 heteroatoms. The maximum atomic E-state index is 12.5. The zero-order valence-corrected chi connectivity index (χ0v) is 15.3. The molecule has 0 N–H and O–H groups in total. The summed E-state index contributed by atoms with van der Waals surface area (Å²) in [7, 11) is 0. The fourth-order valence-electron chi connectivity index (χ4n) is 2.61. The molecule has 0 radical (unpaired) electrons. The highest BCUT2D eigenvalue weighted by molar-refractivity contribution is 5.84. The van der Waals surface area contributed by atoms with Crippen molar-refractivity contribution < 1.29 is 23.9 Å². The van der Waals surface area contributed by atoms with E-state index in [2.05, 4.69) is 0 Å². The molecule has 0 aliphatic carbocycles. The molecule has 23 heavy (non-hydrogen) atoms. The lowest BCUT2D eigenvalue weighted by molar-refractivity contribution is -0.160. The number of ketones is 1.